The second kappa shape index (κ2) is 14.2. The van der Waals surface area contributed by atoms with Crippen LogP contribution < -0.4 is 21.3 Å². The smallest absolute Gasteiger partial charge is 0.0545 e. The minimum atomic E-state index is 0.848. The van der Waals surface area contributed by atoms with E-state index in [9.17, 15) is 0 Å². The Morgan fingerprint density at radius 1 is 0.207 bits per heavy atom. The molecule has 4 nitrogen and oxygen atoms in total. The van der Waals surface area contributed by atoms with E-state index in [0.29, 0.717) is 0 Å². The summed E-state index contributed by atoms with van der Waals surface area (Å²) in [6.45, 7) is 0. The van der Waals surface area contributed by atoms with E-state index in [4.69, 9.17) is 0 Å². The van der Waals surface area contributed by atoms with E-state index < -0.39 is 0 Å². The first-order valence-electron chi connectivity index (χ1n) is 20.0. The van der Waals surface area contributed by atoms with Gasteiger partial charge in [-0.25, -0.2) is 0 Å². The molecule has 4 N–H and O–H groups in total. The van der Waals surface area contributed by atoms with Gasteiger partial charge in [-0.15, -0.1) is 0 Å². The van der Waals surface area contributed by atoms with Gasteiger partial charge >= 0.3 is 0 Å². The van der Waals surface area contributed by atoms with Crippen LogP contribution in [0.3, 0.4) is 0 Å². The summed E-state index contributed by atoms with van der Waals surface area (Å²) in [5, 5.41) is 24.7. The van der Waals surface area contributed by atoms with E-state index in [2.05, 4.69) is 215 Å². The van der Waals surface area contributed by atoms with Gasteiger partial charge in [0.25, 0.3) is 0 Å². The van der Waals surface area contributed by atoms with Crippen LogP contribution in [0.5, 0.6) is 0 Å². The third-order valence-corrected chi connectivity index (χ3v) is 11.6. The van der Waals surface area contributed by atoms with Gasteiger partial charge in [0.1, 0.15) is 0 Å². The Morgan fingerprint density at radius 2 is 0.379 bits per heavy atom. The molecule has 0 spiro atoms. The van der Waals surface area contributed by atoms with Crippen LogP contribution >= 0.6 is 0 Å². The molecule has 276 valence electrons. The van der Waals surface area contributed by atoms with E-state index in [1.807, 2.05) is 0 Å². The van der Waals surface area contributed by atoms with E-state index >= 15 is 0 Å². The number of benzene rings is 10. The lowest BCUT2D eigenvalue weighted by molar-refractivity contribution is 1.19. The average Bonchev–Trinajstić information content (AvgIpc) is 3.28. The van der Waals surface area contributed by atoms with Gasteiger partial charge in [-0.05, 0) is 83.6 Å². The van der Waals surface area contributed by atoms with E-state index in [1.165, 1.54) is 65.3 Å². The number of nitrogens with one attached hydrogen (secondary N) is 4. The monoisotopic (exact) mass is 744 g/mol. The molecule has 0 amide bonds. The molecule has 0 saturated carbocycles. The van der Waals surface area contributed by atoms with Crippen LogP contribution in [0.2, 0.25) is 0 Å². The Kier molecular flexibility index (Phi) is 8.25. The van der Waals surface area contributed by atoms with Crippen LogP contribution in [0.15, 0.2) is 194 Å². The molecule has 0 atom stereocenters. The van der Waals surface area contributed by atoms with Crippen molar-refractivity contribution < 1.29 is 0 Å². The maximum absolute atomic E-state index is 3.83. The van der Waals surface area contributed by atoms with Crippen molar-refractivity contribution in [3.63, 3.8) is 0 Å². The highest BCUT2D eigenvalue weighted by Crippen LogP contribution is 2.44. The SMILES string of the molecule is c1ccc2c3c4ccccc4c(c2c1)Nc1ccc(cc1)Cc1ccc(cc1)Nc1c2ccccc2c(c2ccccc12)Nc1ccc(cc1)Cc1ccc(cc1)N3. The van der Waals surface area contributed by atoms with Crippen molar-refractivity contribution in [3.8, 4) is 0 Å². The second-order valence-electron chi connectivity index (χ2n) is 15.3. The zero-order valence-electron chi connectivity index (χ0n) is 31.9. The number of anilines is 8. The highest BCUT2D eigenvalue weighted by atomic mass is 14.9. The molecule has 12 bridgehead atoms. The minimum Gasteiger partial charge on any atom is -0.355 e. The van der Waals surface area contributed by atoms with Crippen molar-refractivity contribution in [2.45, 2.75) is 12.8 Å². The molecule has 14 aliphatic heterocycles. The zero-order chi connectivity index (χ0) is 38.4. The lowest BCUT2D eigenvalue weighted by Gasteiger charge is -2.20. The second-order valence-corrected chi connectivity index (χ2v) is 15.3. The quantitative estimate of drug-likeness (QED) is 0.117. The lowest BCUT2D eigenvalue weighted by atomic mass is 9.97. The van der Waals surface area contributed by atoms with Crippen LogP contribution in [0, 0.1) is 0 Å². The summed E-state index contributed by atoms with van der Waals surface area (Å²) in [4.78, 5) is 0. The average molecular weight is 745 g/mol. The van der Waals surface area contributed by atoms with Crippen LogP contribution in [-0.4, -0.2) is 0 Å². The molecule has 0 radical (unpaired) electrons. The van der Waals surface area contributed by atoms with Gasteiger partial charge in [0.15, 0.2) is 0 Å². The van der Waals surface area contributed by atoms with Gasteiger partial charge in [-0.1, -0.05) is 146 Å². The van der Waals surface area contributed by atoms with Crippen molar-refractivity contribution in [2.24, 2.45) is 0 Å². The molecule has 4 heteroatoms. The van der Waals surface area contributed by atoms with E-state index in [-0.39, 0.29) is 0 Å². The maximum Gasteiger partial charge on any atom is 0.0545 e. The van der Waals surface area contributed by atoms with Gasteiger partial charge in [0.05, 0.1) is 22.7 Å². The van der Waals surface area contributed by atoms with E-state index in [1.54, 1.807) is 0 Å². The number of rotatable bonds is 0. The van der Waals surface area contributed by atoms with Gasteiger partial charge in [0.2, 0.25) is 0 Å². The maximum atomic E-state index is 3.83. The molecule has 14 heterocycles. The molecule has 0 aliphatic carbocycles. The predicted molar refractivity (Wildman–Crippen MR) is 247 cm³/mol. The summed E-state index contributed by atoms with van der Waals surface area (Å²) in [5.74, 6) is 0. The summed E-state index contributed by atoms with van der Waals surface area (Å²) in [6, 6.07) is 70.2. The summed E-state index contributed by atoms with van der Waals surface area (Å²) < 4.78 is 0. The lowest BCUT2D eigenvalue weighted by Crippen LogP contribution is -1.99. The highest BCUT2D eigenvalue weighted by Gasteiger charge is 2.17. The summed E-state index contributed by atoms with van der Waals surface area (Å²) in [7, 11) is 0. The first-order chi connectivity index (χ1) is 28.7. The van der Waals surface area contributed by atoms with Crippen LogP contribution in [0.25, 0.3) is 43.1 Å². The fourth-order valence-corrected chi connectivity index (χ4v) is 8.67. The van der Waals surface area contributed by atoms with Gasteiger partial charge in [0, 0.05) is 65.8 Å². The Labute approximate surface area is 337 Å². The fourth-order valence-electron chi connectivity index (χ4n) is 8.67. The van der Waals surface area contributed by atoms with Crippen LogP contribution in [0.1, 0.15) is 22.3 Å². The van der Waals surface area contributed by atoms with Gasteiger partial charge in [-0.3, -0.25) is 0 Å². The van der Waals surface area contributed by atoms with Crippen molar-refractivity contribution in [3.05, 3.63) is 216 Å². The van der Waals surface area contributed by atoms with E-state index in [0.717, 1.165) is 58.3 Å². The Balaban J connectivity index is 1.02. The predicted octanol–water partition coefficient (Wildman–Crippen LogP) is 14.8. The fraction of sp³-hybridized carbons (Fsp3) is 0.0370. The Morgan fingerprint density at radius 3 is 0.552 bits per heavy atom. The molecule has 0 saturated heterocycles. The largest absolute Gasteiger partial charge is 0.355 e. The summed E-state index contributed by atoms with van der Waals surface area (Å²) in [6.07, 6.45) is 1.70. The van der Waals surface area contributed by atoms with Crippen molar-refractivity contribution >= 4 is 88.6 Å². The highest BCUT2D eigenvalue weighted by molar-refractivity contribution is 6.22. The number of hydrogen-bond acceptors (Lipinski definition) is 4. The van der Waals surface area contributed by atoms with Crippen molar-refractivity contribution in [2.75, 3.05) is 21.3 Å². The third-order valence-electron chi connectivity index (χ3n) is 11.6. The molecule has 24 rings (SSSR count). The Bertz CT molecular complexity index is 2590. The van der Waals surface area contributed by atoms with Gasteiger partial charge in [-0.2, -0.15) is 0 Å². The number of hydrogen-bond donors (Lipinski definition) is 4. The van der Waals surface area contributed by atoms with Gasteiger partial charge < -0.3 is 21.3 Å². The van der Waals surface area contributed by atoms with Crippen molar-refractivity contribution in [1.29, 1.82) is 0 Å². The molecule has 10 aromatic carbocycles. The minimum absolute atomic E-state index is 0.848. The first-order valence-corrected chi connectivity index (χ1v) is 20.0. The van der Waals surface area contributed by atoms with Crippen LogP contribution in [-0.2, 0) is 12.8 Å². The molecule has 58 heavy (non-hydrogen) atoms. The summed E-state index contributed by atoms with van der Waals surface area (Å²) in [5.41, 5.74) is 13.7. The molecular weight excluding hydrogens is 705 g/mol. The summed E-state index contributed by atoms with van der Waals surface area (Å²) >= 11 is 0. The molecular formula is C54H40N4. The zero-order valence-corrected chi connectivity index (χ0v) is 31.9. The molecule has 14 aliphatic rings. The number of fused-ring (bicyclic) bond motifs is 1. The third kappa shape index (κ3) is 6.22. The topological polar surface area (TPSA) is 48.1 Å². The molecule has 0 unspecified atom stereocenters. The van der Waals surface area contributed by atoms with Crippen molar-refractivity contribution in [1.82, 2.24) is 0 Å². The van der Waals surface area contributed by atoms with Crippen LogP contribution in [0.4, 0.5) is 45.5 Å². The first kappa shape index (κ1) is 33.8. The standard InChI is InChI=1S/C54H40N4/c1-2-10-44-43(9-1)51-45-11-3-4-12-46(45)52(44)56-40-27-19-36(20-28-40)34-38-23-31-42(32-24-38)58-54-49-15-7-5-13-47(49)53(48-14-6-8-16-50(48)54)57-41-29-21-37(22-30-41)33-35-17-25-39(55-51)26-18-35/h1-32,55-58H,33-34H2. The normalized spacial score (nSPS) is 12.6. The molecule has 10 aromatic rings. The molecule has 0 aromatic heterocycles. The molecule has 0 fully saturated rings. The Hall–Kier alpha value is -7.56.